The van der Waals surface area contributed by atoms with E-state index in [1.54, 1.807) is 59.4 Å². The van der Waals surface area contributed by atoms with E-state index in [2.05, 4.69) is 6.92 Å². The van der Waals surface area contributed by atoms with Crippen molar-refractivity contribution in [1.29, 1.82) is 0 Å². The fourth-order valence-corrected chi connectivity index (χ4v) is 3.44. The summed E-state index contributed by atoms with van der Waals surface area (Å²) in [5.41, 5.74) is 1.15. The van der Waals surface area contributed by atoms with Crippen molar-refractivity contribution in [2.75, 3.05) is 39.9 Å². The van der Waals surface area contributed by atoms with Crippen LogP contribution in [0.5, 0.6) is 11.5 Å². The molecule has 1 fully saturated rings. The van der Waals surface area contributed by atoms with E-state index in [9.17, 15) is 9.59 Å². The summed E-state index contributed by atoms with van der Waals surface area (Å²) in [6.07, 6.45) is 2.01. The Morgan fingerprint density at radius 3 is 2.03 bits per heavy atom. The average molecular weight is 431 g/mol. The minimum Gasteiger partial charge on any atom is -0.493 e. The Hall–Kier alpha value is -2.73. The molecule has 2 amide bonds. The molecule has 1 heterocycles. The predicted molar refractivity (Wildman–Crippen MR) is 117 cm³/mol. The molecule has 3 rings (SSSR count). The van der Waals surface area contributed by atoms with Crippen molar-refractivity contribution in [3.05, 3.63) is 58.6 Å². The molecule has 0 N–H and O–H groups in total. The zero-order valence-electron chi connectivity index (χ0n) is 17.4. The lowest BCUT2D eigenvalue weighted by Gasteiger charge is -2.35. The number of hydrogen-bond donors (Lipinski definition) is 0. The number of unbranched alkanes of at least 4 members (excludes halogenated alkanes) is 1. The second-order valence-corrected chi connectivity index (χ2v) is 7.60. The van der Waals surface area contributed by atoms with E-state index in [0.717, 1.165) is 12.8 Å². The van der Waals surface area contributed by atoms with Gasteiger partial charge in [-0.05, 0) is 48.9 Å². The first kappa shape index (κ1) is 22.0. The number of ether oxygens (including phenoxy) is 2. The van der Waals surface area contributed by atoms with Gasteiger partial charge in [0.05, 0.1) is 13.7 Å². The summed E-state index contributed by atoms with van der Waals surface area (Å²) in [6.45, 7) is 4.66. The third-order valence-corrected chi connectivity index (χ3v) is 5.36. The number of halogens is 1. The monoisotopic (exact) mass is 430 g/mol. The van der Waals surface area contributed by atoms with Crippen molar-refractivity contribution in [2.45, 2.75) is 19.8 Å². The SMILES string of the molecule is CCCCOc1ccc(C(=O)N2CCN(C(=O)c3ccc(Cl)cc3)CC2)cc1OC. The highest BCUT2D eigenvalue weighted by Crippen LogP contribution is 2.29. The molecular weight excluding hydrogens is 404 g/mol. The number of benzene rings is 2. The van der Waals surface area contributed by atoms with Gasteiger partial charge in [-0.15, -0.1) is 0 Å². The summed E-state index contributed by atoms with van der Waals surface area (Å²) < 4.78 is 11.1. The fraction of sp³-hybridized carbons (Fsp3) is 0.391. The van der Waals surface area contributed by atoms with Gasteiger partial charge in [0.2, 0.25) is 0 Å². The molecule has 0 spiro atoms. The highest BCUT2D eigenvalue weighted by atomic mass is 35.5. The lowest BCUT2D eigenvalue weighted by molar-refractivity contribution is 0.0535. The number of rotatable bonds is 7. The Bertz CT molecular complexity index is 877. The summed E-state index contributed by atoms with van der Waals surface area (Å²) in [5, 5.41) is 0.596. The molecule has 0 bridgehead atoms. The molecule has 6 nitrogen and oxygen atoms in total. The molecule has 2 aromatic carbocycles. The molecule has 1 saturated heterocycles. The predicted octanol–water partition coefficient (Wildman–Crippen LogP) is 4.13. The smallest absolute Gasteiger partial charge is 0.254 e. The second kappa shape index (κ2) is 10.3. The van der Waals surface area contributed by atoms with Crippen LogP contribution in [0.25, 0.3) is 0 Å². The summed E-state index contributed by atoms with van der Waals surface area (Å²) in [4.78, 5) is 29.1. The van der Waals surface area contributed by atoms with Gasteiger partial charge in [0.15, 0.2) is 11.5 Å². The summed E-state index contributed by atoms with van der Waals surface area (Å²) >= 11 is 5.89. The lowest BCUT2D eigenvalue weighted by Crippen LogP contribution is -2.50. The molecular formula is C23H27ClN2O4. The first-order valence-corrected chi connectivity index (χ1v) is 10.6. The Balaban J connectivity index is 1.60. The molecule has 160 valence electrons. The zero-order valence-corrected chi connectivity index (χ0v) is 18.2. The average Bonchev–Trinajstić information content (AvgIpc) is 2.79. The molecule has 0 aromatic heterocycles. The van der Waals surface area contributed by atoms with Crippen LogP contribution >= 0.6 is 11.6 Å². The molecule has 30 heavy (non-hydrogen) atoms. The van der Waals surface area contributed by atoms with Crippen molar-refractivity contribution in [3.63, 3.8) is 0 Å². The van der Waals surface area contributed by atoms with Gasteiger partial charge in [0.25, 0.3) is 11.8 Å². The van der Waals surface area contributed by atoms with Crippen LogP contribution in [0.1, 0.15) is 40.5 Å². The van der Waals surface area contributed by atoms with Gasteiger partial charge in [-0.25, -0.2) is 0 Å². The van der Waals surface area contributed by atoms with Gasteiger partial charge in [0.1, 0.15) is 0 Å². The minimum atomic E-state index is -0.0769. The quantitative estimate of drug-likeness (QED) is 0.620. The molecule has 7 heteroatoms. The van der Waals surface area contributed by atoms with E-state index in [4.69, 9.17) is 21.1 Å². The molecule has 1 aliphatic rings. The lowest BCUT2D eigenvalue weighted by atomic mass is 10.1. The van der Waals surface area contributed by atoms with Crippen LogP contribution in [0.15, 0.2) is 42.5 Å². The number of carbonyl (C=O) groups is 2. The number of methoxy groups -OCH3 is 1. The van der Waals surface area contributed by atoms with Crippen LogP contribution in [0.4, 0.5) is 0 Å². The van der Waals surface area contributed by atoms with E-state index < -0.39 is 0 Å². The van der Waals surface area contributed by atoms with Crippen LogP contribution in [-0.4, -0.2) is 61.5 Å². The van der Waals surface area contributed by atoms with E-state index in [0.29, 0.717) is 60.4 Å². The highest BCUT2D eigenvalue weighted by molar-refractivity contribution is 6.30. The number of carbonyl (C=O) groups excluding carboxylic acids is 2. The van der Waals surface area contributed by atoms with E-state index in [1.807, 2.05) is 0 Å². The van der Waals surface area contributed by atoms with E-state index in [-0.39, 0.29) is 11.8 Å². The number of nitrogens with zero attached hydrogens (tertiary/aromatic N) is 2. The van der Waals surface area contributed by atoms with Gasteiger partial charge in [-0.1, -0.05) is 24.9 Å². The highest BCUT2D eigenvalue weighted by Gasteiger charge is 2.26. The van der Waals surface area contributed by atoms with Gasteiger partial charge in [-0.3, -0.25) is 9.59 Å². The second-order valence-electron chi connectivity index (χ2n) is 7.16. The van der Waals surface area contributed by atoms with Gasteiger partial charge < -0.3 is 19.3 Å². The first-order valence-electron chi connectivity index (χ1n) is 10.2. The summed E-state index contributed by atoms with van der Waals surface area (Å²) in [7, 11) is 1.57. The Morgan fingerprint density at radius 1 is 0.900 bits per heavy atom. The number of hydrogen-bond acceptors (Lipinski definition) is 4. The number of piperazine rings is 1. The third-order valence-electron chi connectivity index (χ3n) is 5.11. The van der Waals surface area contributed by atoms with Gasteiger partial charge in [-0.2, -0.15) is 0 Å². The van der Waals surface area contributed by atoms with Crippen molar-refractivity contribution in [1.82, 2.24) is 9.80 Å². The van der Waals surface area contributed by atoms with Crippen molar-refractivity contribution in [2.24, 2.45) is 0 Å². The molecule has 1 aliphatic heterocycles. The zero-order chi connectivity index (χ0) is 21.5. The molecule has 0 atom stereocenters. The number of amides is 2. The first-order chi connectivity index (χ1) is 14.5. The maximum atomic E-state index is 12.9. The third kappa shape index (κ3) is 5.25. The fourth-order valence-electron chi connectivity index (χ4n) is 3.32. The largest absolute Gasteiger partial charge is 0.493 e. The topological polar surface area (TPSA) is 59.1 Å². The maximum Gasteiger partial charge on any atom is 0.254 e. The van der Waals surface area contributed by atoms with Crippen molar-refractivity contribution < 1.29 is 19.1 Å². The molecule has 2 aromatic rings. The summed E-state index contributed by atoms with van der Waals surface area (Å²) in [5.74, 6) is 1.07. The molecule has 0 aliphatic carbocycles. The maximum absolute atomic E-state index is 12.9. The van der Waals surface area contributed by atoms with Crippen molar-refractivity contribution in [3.8, 4) is 11.5 Å². The normalized spacial score (nSPS) is 13.8. The van der Waals surface area contributed by atoms with Gasteiger partial charge in [0, 0.05) is 42.3 Å². The van der Waals surface area contributed by atoms with Crippen LogP contribution in [0.3, 0.4) is 0 Å². The van der Waals surface area contributed by atoms with Gasteiger partial charge >= 0.3 is 0 Å². The van der Waals surface area contributed by atoms with E-state index >= 15 is 0 Å². The standard InChI is InChI=1S/C23H27ClN2O4/c1-3-4-15-30-20-10-7-18(16-21(20)29-2)23(28)26-13-11-25(12-14-26)22(27)17-5-8-19(24)9-6-17/h5-10,16H,3-4,11-15H2,1-2H3. The summed E-state index contributed by atoms with van der Waals surface area (Å²) in [6, 6.07) is 12.1. The van der Waals surface area contributed by atoms with E-state index in [1.165, 1.54) is 0 Å². The van der Waals surface area contributed by atoms with Crippen LogP contribution in [0.2, 0.25) is 5.02 Å². The molecule has 0 saturated carbocycles. The van der Waals surface area contributed by atoms with Crippen molar-refractivity contribution >= 4 is 23.4 Å². The van der Waals surface area contributed by atoms with Crippen LogP contribution in [-0.2, 0) is 0 Å². The van der Waals surface area contributed by atoms with Crippen LogP contribution < -0.4 is 9.47 Å². The Labute approximate surface area is 182 Å². The minimum absolute atomic E-state index is 0.0472. The molecule has 0 unspecified atom stereocenters. The molecule has 0 radical (unpaired) electrons. The Kier molecular flexibility index (Phi) is 7.57. The Morgan fingerprint density at radius 2 is 1.47 bits per heavy atom. The van der Waals surface area contributed by atoms with Crippen LogP contribution in [0, 0.1) is 0 Å².